The van der Waals surface area contributed by atoms with E-state index < -0.39 is 0 Å². The lowest BCUT2D eigenvalue weighted by Gasteiger charge is -2.29. The lowest BCUT2D eigenvalue weighted by atomic mass is 10.0. The number of carbonyl (C=O) groups excluding carboxylic acids is 1. The van der Waals surface area contributed by atoms with Gasteiger partial charge in [0.15, 0.2) is 0 Å². The molecule has 4 rings (SSSR count). The van der Waals surface area contributed by atoms with E-state index in [1.807, 2.05) is 12.1 Å². The Morgan fingerprint density at radius 2 is 2.17 bits per heavy atom. The standard InChI is InChI=1S/C20H26N8O2/c1-4-18(29)24-13-7-14(25-20-23-11-22-19(21)26-20)17(30-3)8-15(13)28-6-5-12-9-27(2)10-16(12)28/h4,7-8,11-12,16H,1,5-6,9-10H2,2-3H3,(H,24,29)(H3,21,22,23,25,26)/t12-,16?/m1/s1. The molecular formula is C20H26N8O2. The molecule has 1 unspecified atom stereocenters. The summed E-state index contributed by atoms with van der Waals surface area (Å²) >= 11 is 0. The fourth-order valence-corrected chi connectivity index (χ4v) is 4.32. The number of likely N-dealkylation sites (N-methyl/N-ethyl adjacent to an activating group) is 1. The molecule has 158 valence electrons. The maximum Gasteiger partial charge on any atom is 0.247 e. The average molecular weight is 410 g/mol. The number of nitrogen functional groups attached to an aromatic ring is 1. The van der Waals surface area contributed by atoms with Crippen LogP contribution in [0.2, 0.25) is 0 Å². The Morgan fingerprint density at radius 3 is 2.90 bits per heavy atom. The van der Waals surface area contributed by atoms with Gasteiger partial charge in [-0.15, -0.1) is 0 Å². The highest BCUT2D eigenvalue weighted by Crippen LogP contribution is 2.43. The van der Waals surface area contributed by atoms with E-state index in [4.69, 9.17) is 10.5 Å². The first-order chi connectivity index (χ1) is 14.5. The molecule has 0 radical (unpaired) electrons. The number of benzene rings is 1. The number of carbonyl (C=O) groups is 1. The van der Waals surface area contributed by atoms with Gasteiger partial charge in [-0.1, -0.05) is 6.58 Å². The number of anilines is 5. The Hall–Kier alpha value is -3.40. The minimum atomic E-state index is -0.281. The third kappa shape index (κ3) is 3.86. The number of fused-ring (bicyclic) bond motifs is 1. The number of ether oxygens (including phenoxy) is 1. The normalized spacial score (nSPS) is 20.7. The molecule has 3 heterocycles. The summed E-state index contributed by atoms with van der Waals surface area (Å²) in [5.41, 5.74) is 7.84. The van der Waals surface area contributed by atoms with Crippen LogP contribution in [0, 0.1) is 5.92 Å². The minimum Gasteiger partial charge on any atom is -0.494 e. The van der Waals surface area contributed by atoms with E-state index in [2.05, 4.69) is 49.0 Å². The molecule has 2 atom stereocenters. The summed E-state index contributed by atoms with van der Waals surface area (Å²) in [5, 5.41) is 6.03. The van der Waals surface area contributed by atoms with Crippen molar-refractivity contribution in [3.63, 3.8) is 0 Å². The molecule has 0 aliphatic carbocycles. The Balaban J connectivity index is 1.73. The summed E-state index contributed by atoms with van der Waals surface area (Å²) in [5.74, 6) is 1.34. The number of nitrogens with two attached hydrogens (primary N) is 1. The van der Waals surface area contributed by atoms with Crippen LogP contribution in [0.25, 0.3) is 0 Å². The zero-order valence-electron chi connectivity index (χ0n) is 17.1. The second-order valence-corrected chi connectivity index (χ2v) is 7.59. The van der Waals surface area contributed by atoms with Gasteiger partial charge in [-0.05, 0) is 31.5 Å². The van der Waals surface area contributed by atoms with Gasteiger partial charge in [-0.2, -0.15) is 4.98 Å². The molecule has 4 N–H and O–H groups in total. The molecule has 1 amide bonds. The van der Waals surface area contributed by atoms with Crippen LogP contribution in [0.5, 0.6) is 5.75 Å². The van der Waals surface area contributed by atoms with E-state index in [1.165, 1.54) is 12.4 Å². The van der Waals surface area contributed by atoms with Crippen molar-refractivity contribution in [2.24, 2.45) is 5.92 Å². The molecule has 2 aliphatic heterocycles. The molecule has 1 aromatic carbocycles. The van der Waals surface area contributed by atoms with E-state index in [9.17, 15) is 4.79 Å². The number of amides is 1. The van der Waals surface area contributed by atoms with Crippen molar-refractivity contribution in [3.8, 4) is 5.75 Å². The second-order valence-electron chi connectivity index (χ2n) is 7.59. The van der Waals surface area contributed by atoms with Gasteiger partial charge in [-0.3, -0.25) is 4.79 Å². The van der Waals surface area contributed by atoms with Crippen LogP contribution in [0.1, 0.15) is 6.42 Å². The van der Waals surface area contributed by atoms with Crippen molar-refractivity contribution in [3.05, 3.63) is 31.1 Å². The number of aromatic nitrogens is 3. The number of rotatable bonds is 6. The Kier molecular flexibility index (Phi) is 5.40. The maximum absolute atomic E-state index is 12.1. The molecule has 2 fully saturated rings. The number of hydrogen-bond donors (Lipinski definition) is 3. The third-order valence-corrected chi connectivity index (χ3v) is 5.64. The molecule has 30 heavy (non-hydrogen) atoms. The lowest BCUT2D eigenvalue weighted by Crippen LogP contribution is -2.35. The average Bonchev–Trinajstić information content (AvgIpc) is 3.27. The predicted molar refractivity (Wildman–Crippen MR) is 116 cm³/mol. The molecule has 1 aromatic heterocycles. The fraction of sp³-hybridized carbons (Fsp3) is 0.400. The second kappa shape index (κ2) is 8.15. The molecule has 0 bridgehead atoms. The van der Waals surface area contributed by atoms with Gasteiger partial charge in [0.1, 0.15) is 12.1 Å². The van der Waals surface area contributed by atoms with E-state index >= 15 is 0 Å². The van der Waals surface area contributed by atoms with Gasteiger partial charge in [-0.25, -0.2) is 9.97 Å². The van der Waals surface area contributed by atoms with Gasteiger partial charge < -0.3 is 30.9 Å². The smallest absolute Gasteiger partial charge is 0.247 e. The van der Waals surface area contributed by atoms with E-state index in [1.54, 1.807) is 7.11 Å². The predicted octanol–water partition coefficient (Wildman–Crippen LogP) is 1.47. The minimum absolute atomic E-state index is 0.108. The van der Waals surface area contributed by atoms with Crippen molar-refractivity contribution in [1.82, 2.24) is 19.9 Å². The Morgan fingerprint density at radius 1 is 1.33 bits per heavy atom. The molecule has 10 nitrogen and oxygen atoms in total. The van der Waals surface area contributed by atoms with Crippen LogP contribution < -0.4 is 26.0 Å². The summed E-state index contributed by atoms with van der Waals surface area (Å²) < 4.78 is 5.63. The summed E-state index contributed by atoms with van der Waals surface area (Å²) in [6.45, 7) is 6.58. The number of likely N-dealkylation sites (tertiary alicyclic amines) is 1. The topological polar surface area (TPSA) is 122 Å². The highest BCUT2D eigenvalue weighted by atomic mass is 16.5. The molecular weight excluding hydrogens is 384 g/mol. The van der Waals surface area contributed by atoms with Crippen molar-refractivity contribution in [2.75, 3.05) is 55.1 Å². The number of nitrogens with one attached hydrogen (secondary N) is 2. The molecule has 10 heteroatoms. The highest BCUT2D eigenvalue weighted by Gasteiger charge is 2.41. The van der Waals surface area contributed by atoms with Gasteiger partial charge in [0, 0.05) is 31.7 Å². The molecule has 2 aliphatic rings. The van der Waals surface area contributed by atoms with Crippen molar-refractivity contribution in [2.45, 2.75) is 12.5 Å². The van der Waals surface area contributed by atoms with E-state index in [-0.39, 0.29) is 17.8 Å². The first kappa shape index (κ1) is 19.9. The SMILES string of the molecule is C=CC(=O)Nc1cc(Nc2ncnc(N)n2)c(OC)cc1N1CC[C@@H]2CN(C)CC21. The lowest BCUT2D eigenvalue weighted by molar-refractivity contribution is -0.111. The zero-order valence-corrected chi connectivity index (χ0v) is 17.1. The zero-order chi connectivity index (χ0) is 21.3. The summed E-state index contributed by atoms with van der Waals surface area (Å²) in [6, 6.07) is 4.16. The summed E-state index contributed by atoms with van der Waals surface area (Å²) in [7, 11) is 3.75. The van der Waals surface area contributed by atoms with Crippen LogP contribution in [0.15, 0.2) is 31.1 Å². The van der Waals surface area contributed by atoms with Crippen LogP contribution in [-0.4, -0.2) is 65.6 Å². The van der Waals surface area contributed by atoms with Gasteiger partial charge in [0.25, 0.3) is 0 Å². The largest absolute Gasteiger partial charge is 0.494 e. The van der Waals surface area contributed by atoms with Gasteiger partial charge in [0.05, 0.1) is 24.2 Å². The van der Waals surface area contributed by atoms with Crippen molar-refractivity contribution < 1.29 is 9.53 Å². The van der Waals surface area contributed by atoms with E-state index in [0.717, 1.165) is 31.7 Å². The van der Waals surface area contributed by atoms with Crippen LogP contribution in [-0.2, 0) is 4.79 Å². The van der Waals surface area contributed by atoms with Gasteiger partial charge in [0.2, 0.25) is 17.8 Å². The first-order valence-corrected chi connectivity index (χ1v) is 9.80. The van der Waals surface area contributed by atoms with Crippen molar-refractivity contribution in [1.29, 1.82) is 0 Å². The molecule has 2 saturated heterocycles. The van der Waals surface area contributed by atoms with Crippen LogP contribution in [0.4, 0.5) is 29.0 Å². The first-order valence-electron chi connectivity index (χ1n) is 9.80. The monoisotopic (exact) mass is 410 g/mol. The fourth-order valence-electron chi connectivity index (χ4n) is 4.32. The maximum atomic E-state index is 12.1. The summed E-state index contributed by atoms with van der Waals surface area (Å²) in [4.78, 5) is 28.8. The van der Waals surface area contributed by atoms with Crippen LogP contribution in [0.3, 0.4) is 0 Å². The number of nitrogens with zero attached hydrogens (tertiary/aromatic N) is 5. The number of methoxy groups -OCH3 is 1. The van der Waals surface area contributed by atoms with Crippen molar-refractivity contribution >= 4 is 34.9 Å². The Bertz CT molecular complexity index is 966. The van der Waals surface area contributed by atoms with Crippen LogP contribution >= 0.6 is 0 Å². The number of hydrogen-bond acceptors (Lipinski definition) is 9. The third-order valence-electron chi connectivity index (χ3n) is 5.64. The quantitative estimate of drug-likeness (QED) is 0.608. The van der Waals surface area contributed by atoms with E-state index in [0.29, 0.717) is 29.1 Å². The summed E-state index contributed by atoms with van der Waals surface area (Å²) in [6.07, 6.45) is 3.70. The molecule has 0 saturated carbocycles. The molecule has 2 aromatic rings. The highest BCUT2D eigenvalue weighted by molar-refractivity contribution is 6.02. The molecule has 0 spiro atoms. The Labute approximate surface area is 175 Å². The van der Waals surface area contributed by atoms with Gasteiger partial charge >= 0.3 is 0 Å².